The molecule has 1 amide bonds. The molecule has 0 atom stereocenters. The maximum Gasteiger partial charge on any atom is 0.224 e. The summed E-state index contributed by atoms with van der Waals surface area (Å²) in [5, 5.41) is 3.03. The van der Waals surface area contributed by atoms with Crippen LogP contribution >= 0.6 is 0 Å². The van der Waals surface area contributed by atoms with Gasteiger partial charge in [0.1, 0.15) is 0 Å². The number of hydrogen-bond donors (Lipinski definition) is 1. The lowest BCUT2D eigenvalue weighted by Crippen LogP contribution is -2.13. The zero-order valence-corrected chi connectivity index (χ0v) is 10.5. The summed E-state index contributed by atoms with van der Waals surface area (Å²) in [6.07, 6.45) is 3.58. The van der Waals surface area contributed by atoms with Gasteiger partial charge in [-0.1, -0.05) is 38.5 Å². The van der Waals surface area contributed by atoms with Gasteiger partial charge < -0.3 is 5.32 Å². The Morgan fingerprint density at radius 1 is 1.31 bits per heavy atom. The van der Waals surface area contributed by atoms with E-state index in [9.17, 15) is 4.79 Å². The number of carbonyl (C=O) groups is 1. The van der Waals surface area contributed by atoms with Gasteiger partial charge >= 0.3 is 0 Å². The van der Waals surface area contributed by atoms with Crippen LogP contribution in [0, 0.1) is 6.92 Å². The number of rotatable bonds is 5. The highest BCUT2D eigenvalue weighted by atomic mass is 16.1. The second kappa shape index (κ2) is 6.31. The maximum atomic E-state index is 11.7. The average molecular weight is 219 g/mol. The highest BCUT2D eigenvalue weighted by molar-refractivity contribution is 5.92. The van der Waals surface area contributed by atoms with Crippen molar-refractivity contribution < 1.29 is 4.79 Å². The van der Waals surface area contributed by atoms with Crippen LogP contribution in [0.5, 0.6) is 0 Å². The van der Waals surface area contributed by atoms with Gasteiger partial charge in [-0.15, -0.1) is 0 Å². The maximum absolute atomic E-state index is 11.7. The molecule has 88 valence electrons. The first-order valence-corrected chi connectivity index (χ1v) is 6.07. The van der Waals surface area contributed by atoms with Crippen molar-refractivity contribution in [1.29, 1.82) is 0 Å². The molecule has 1 aromatic rings. The van der Waals surface area contributed by atoms with E-state index in [-0.39, 0.29) is 5.91 Å². The number of nitrogens with one attached hydrogen (secondary N) is 1. The van der Waals surface area contributed by atoms with Crippen LogP contribution in [0.25, 0.3) is 0 Å². The van der Waals surface area contributed by atoms with Gasteiger partial charge in [0, 0.05) is 12.1 Å². The fraction of sp³-hybridized carbons (Fsp3) is 0.500. The summed E-state index contributed by atoms with van der Waals surface area (Å²) in [7, 11) is 0. The van der Waals surface area contributed by atoms with Crippen molar-refractivity contribution in [2.45, 2.75) is 46.5 Å². The standard InChI is InChI=1S/C14H21NO/c1-4-6-10-13(16)15-14-11(3)8-7-9-12(14)5-2/h7-9H,4-6,10H2,1-3H3,(H,15,16). The molecule has 0 radical (unpaired) electrons. The molecule has 0 saturated carbocycles. The normalized spacial score (nSPS) is 10.2. The average Bonchev–Trinajstić information content (AvgIpc) is 2.29. The first-order chi connectivity index (χ1) is 7.69. The van der Waals surface area contributed by atoms with E-state index in [2.05, 4.69) is 25.2 Å². The van der Waals surface area contributed by atoms with E-state index >= 15 is 0 Å². The number of para-hydroxylation sites is 1. The molecule has 0 unspecified atom stereocenters. The number of amides is 1. The third-order valence-corrected chi connectivity index (χ3v) is 2.76. The molecule has 0 saturated heterocycles. The molecule has 0 fully saturated rings. The van der Waals surface area contributed by atoms with E-state index in [4.69, 9.17) is 0 Å². The molecule has 1 rings (SSSR count). The Labute approximate surface area is 98.1 Å². The Morgan fingerprint density at radius 2 is 2.06 bits per heavy atom. The highest BCUT2D eigenvalue weighted by Crippen LogP contribution is 2.21. The number of aryl methyl sites for hydroxylation is 2. The summed E-state index contributed by atoms with van der Waals surface area (Å²) >= 11 is 0. The number of unbranched alkanes of at least 4 members (excludes halogenated alkanes) is 1. The van der Waals surface area contributed by atoms with Crippen LogP contribution in [0.3, 0.4) is 0 Å². The summed E-state index contributed by atoms with van der Waals surface area (Å²) in [5.41, 5.74) is 3.36. The minimum absolute atomic E-state index is 0.130. The predicted molar refractivity (Wildman–Crippen MR) is 68.7 cm³/mol. The molecule has 0 aromatic heterocycles. The lowest BCUT2D eigenvalue weighted by Gasteiger charge is -2.12. The van der Waals surface area contributed by atoms with Gasteiger partial charge in [-0.3, -0.25) is 4.79 Å². The van der Waals surface area contributed by atoms with Gasteiger partial charge in [0.25, 0.3) is 0 Å². The summed E-state index contributed by atoms with van der Waals surface area (Å²) in [5.74, 6) is 0.130. The van der Waals surface area contributed by atoms with Crippen molar-refractivity contribution in [3.63, 3.8) is 0 Å². The molecule has 0 aliphatic heterocycles. The summed E-state index contributed by atoms with van der Waals surface area (Å²) in [4.78, 5) is 11.7. The summed E-state index contributed by atoms with van der Waals surface area (Å²) in [6, 6.07) is 6.15. The Balaban J connectivity index is 2.75. The molecule has 0 aliphatic rings. The molecular weight excluding hydrogens is 198 g/mol. The van der Waals surface area contributed by atoms with Gasteiger partial charge in [-0.2, -0.15) is 0 Å². The molecule has 0 bridgehead atoms. The van der Waals surface area contributed by atoms with Crippen LogP contribution in [-0.2, 0) is 11.2 Å². The van der Waals surface area contributed by atoms with Crippen molar-refractivity contribution in [2.75, 3.05) is 5.32 Å². The number of benzene rings is 1. The number of carbonyl (C=O) groups excluding carboxylic acids is 1. The van der Waals surface area contributed by atoms with E-state index < -0.39 is 0 Å². The Morgan fingerprint density at radius 3 is 2.69 bits per heavy atom. The molecule has 0 spiro atoms. The molecule has 0 aliphatic carbocycles. The topological polar surface area (TPSA) is 29.1 Å². The SMILES string of the molecule is CCCCC(=O)Nc1c(C)cccc1CC. The van der Waals surface area contributed by atoms with E-state index in [1.165, 1.54) is 5.56 Å². The molecular formula is C14H21NO. The number of anilines is 1. The van der Waals surface area contributed by atoms with Crippen molar-refractivity contribution >= 4 is 11.6 Å². The Bertz CT molecular complexity index is 358. The molecule has 2 heteroatoms. The van der Waals surface area contributed by atoms with Crippen LogP contribution in [0.15, 0.2) is 18.2 Å². The molecule has 2 nitrogen and oxygen atoms in total. The van der Waals surface area contributed by atoms with E-state index in [1.807, 2.05) is 19.1 Å². The fourth-order valence-corrected chi connectivity index (χ4v) is 1.74. The quantitative estimate of drug-likeness (QED) is 0.804. The van der Waals surface area contributed by atoms with Crippen molar-refractivity contribution in [2.24, 2.45) is 0 Å². The smallest absolute Gasteiger partial charge is 0.224 e. The third kappa shape index (κ3) is 3.37. The fourth-order valence-electron chi connectivity index (χ4n) is 1.74. The van der Waals surface area contributed by atoms with Gasteiger partial charge in [-0.25, -0.2) is 0 Å². The number of hydrogen-bond acceptors (Lipinski definition) is 1. The zero-order chi connectivity index (χ0) is 12.0. The largest absolute Gasteiger partial charge is 0.326 e. The molecule has 1 aromatic carbocycles. The summed E-state index contributed by atoms with van der Waals surface area (Å²) in [6.45, 7) is 6.24. The minimum atomic E-state index is 0.130. The Hall–Kier alpha value is -1.31. The lowest BCUT2D eigenvalue weighted by atomic mass is 10.1. The van der Waals surface area contributed by atoms with Crippen LogP contribution in [0.4, 0.5) is 5.69 Å². The van der Waals surface area contributed by atoms with E-state index in [1.54, 1.807) is 0 Å². The van der Waals surface area contributed by atoms with Crippen LogP contribution in [0.2, 0.25) is 0 Å². The van der Waals surface area contributed by atoms with Crippen LogP contribution < -0.4 is 5.32 Å². The van der Waals surface area contributed by atoms with Crippen LogP contribution in [0.1, 0.15) is 44.2 Å². The molecule has 1 N–H and O–H groups in total. The zero-order valence-electron chi connectivity index (χ0n) is 10.5. The molecule has 0 heterocycles. The van der Waals surface area contributed by atoms with E-state index in [0.29, 0.717) is 6.42 Å². The Kier molecular flexibility index (Phi) is 5.03. The van der Waals surface area contributed by atoms with Crippen LogP contribution in [-0.4, -0.2) is 5.91 Å². The first-order valence-electron chi connectivity index (χ1n) is 6.07. The minimum Gasteiger partial charge on any atom is -0.326 e. The van der Waals surface area contributed by atoms with Crippen molar-refractivity contribution in [3.8, 4) is 0 Å². The highest BCUT2D eigenvalue weighted by Gasteiger charge is 2.07. The monoisotopic (exact) mass is 219 g/mol. The van der Waals surface area contributed by atoms with Crippen molar-refractivity contribution in [3.05, 3.63) is 29.3 Å². The van der Waals surface area contributed by atoms with Gasteiger partial charge in [0.2, 0.25) is 5.91 Å². The second-order valence-corrected chi connectivity index (χ2v) is 4.11. The van der Waals surface area contributed by atoms with E-state index in [0.717, 1.165) is 30.5 Å². The van der Waals surface area contributed by atoms with Gasteiger partial charge in [0.05, 0.1) is 0 Å². The summed E-state index contributed by atoms with van der Waals surface area (Å²) < 4.78 is 0. The van der Waals surface area contributed by atoms with Gasteiger partial charge in [-0.05, 0) is 30.9 Å². The predicted octanol–water partition coefficient (Wildman–Crippen LogP) is 3.69. The third-order valence-electron chi connectivity index (χ3n) is 2.76. The lowest BCUT2D eigenvalue weighted by molar-refractivity contribution is -0.116. The first kappa shape index (κ1) is 12.8. The second-order valence-electron chi connectivity index (χ2n) is 4.11. The molecule has 16 heavy (non-hydrogen) atoms. The van der Waals surface area contributed by atoms with Crippen molar-refractivity contribution in [1.82, 2.24) is 0 Å². The van der Waals surface area contributed by atoms with Gasteiger partial charge in [0.15, 0.2) is 0 Å².